The SMILES string of the molecule is CN(C)S(=O)(=O)N1CCC[C@@H](CCc2ccccc2)C1. The summed E-state index contributed by atoms with van der Waals surface area (Å²) in [6.07, 6.45) is 4.18. The largest absolute Gasteiger partial charge is 0.281 e. The third-order valence-electron chi connectivity index (χ3n) is 3.95. The molecule has 0 unspecified atom stereocenters. The number of aryl methyl sites for hydroxylation is 1. The molecule has 0 amide bonds. The van der Waals surface area contributed by atoms with Gasteiger partial charge in [-0.1, -0.05) is 30.3 Å². The summed E-state index contributed by atoms with van der Waals surface area (Å²) in [6, 6.07) is 10.4. The molecule has 4 nitrogen and oxygen atoms in total. The smallest absolute Gasteiger partial charge is 0.195 e. The molecular formula is C15H24N2O2S. The van der Waals surface area contributed by atoms with Gasteiger partial charge in [0.1, 0.15) is 0 Å². The Hall–Kier alpha value is -0.910. The molecule has 1 aromatic rings. The molecule has 0 aliphatic carbocycles. The van der Waals surface area contributed by atoms with Crippen LogP contribution in [0.15, 0.2) is 30.3 Å². The zero-order valence-electron chi connectivity index (χ0n) is 12.3. The second-order valence-electron chi connectivity index (χ2n) is 5.68. The second-order valence-corrected chi connectivity index (χ2v) is 7.82. The summed E-state index contributed by atoms with van der Waals surface area (Å²) in [5.41, 5.74) is 1.33. The Morgan fingerprint density at radius 3 is 2.60 bits per heavy atom. The van der Waals surface area contributed by atoms with Gasteiger partial charge in [-0.05, 0) is 37.2 Å². The van der Waals surface area contributed by atoms with Gasteiger partial charge in [0.15, 0.2) is 0 Å². The Labute approximate surface area is 122 Å². The van der Waals surface area contributed by atoms with E-state index in [-0.39, 0.29) is 0 Å². The maximum Gasteiger partial charge on any atom is 0.281 e. The molecule has 20 heavy (non-hydrogen) atoms. The molecule has 1 aliphatic heterocycles. The Morgan fingerprint density at radius 2 is 1.95 bits per heavy atom. The summed E-state index contributed by atoms with van der Waals surface area (Å²) in [5, 5.41) is 0. The molecule has 1 aromatic carbocycles. The molecular weight excluding hydrogens is 272 g/mol. The van der Waals surface area contributed by atoms with Gasteiger partial charge in [-0.2, -0.15) is 17.0 Å². The zero-order valence-corrected chi connectivity index (χ0v) is 13.1. The van der Waals surface area contributed by atoms with Gasteiger partial charge in [0.2, 0.25) is 0 Å². The summed E-state index contributed by atoms with van der Waals surface area (Å²) < 4.78 is 27.3. The van der Waals surface area contributed by atoms with Gasteiger partial charge in [0.25, 0.3) is 10.2 Å². The van der Waals surface area contributed by atoms with Crippen LogP contribution in [-0.2, 0) is 16.6 Å². The lowest BCUT2D eigenvalue weighted by Crippen LogP contribution is -2.45. The van der Waals surface area contributed by atoms with Crippen LogP contribution in [0.25, 0.3) is 0 Å². The molecule has 1 saturated heterocycles. The Balaban J connectivity index is 1.91. The van der Waals surface area contributed by atoms with E-state index in [0.29, 0.717) is 19.0 Å². The summed E-state index contributed by atoms with van der Waals surface area (Å²) in [7, 11) is -0.0489. The van der Waals surface area contributed by atoms with Crippen LogP contribution in [0.4, 0.5) is 0 Å². The first-order valence-corrected chi connectivity index (χ1v) is 8.61. The lowest BCUT2D eigenvalue weighted by molar-refractivity contribution is 0.246. The normalized spacial score (nSPS) is 21.2. The van der Waals surface area contributed by atoms with E-state index in [4.69, 9.17) is 0 Å². The van der Waals surface area contributed by atoms with Gasteiger partial charge < -0.3 is 0 Å². The Morgan fingerprint density at radius 1 is 1.25 bits per heavy atom. The minimum Gasteiger partial charge on any atom is -0.195 e. The predicted molar refractivity (Wildman–Crippen MR) is 81.7 cm³/mol. The van der Waals surface area contributed by atoms with Gasteiger partial charge in [0.05, 0.1) is 0 Å². The molecule has 112 valence electrons. The monoisotopic (exact) mass is 296 g/mol. The van der Waals surface area contributed by atoms with Crippen molar-refractivity contribution >= 4 is 10.2 Å². The Kier molecular flexibility index (Phi) is 5.18. The maximum absolute atomic E-state index is 12.2. The molecule has 1 atom stereocenters. The standard InChI is InChI=1S/C15H24N2O2S/c1-16(2)20(18,19)17-12-6-9-15(13-17)11-10-14-7-4-3-5-8-14/h3-5,7-8,15H,6,9-13H2,1-2H3/t15-/m0/s1. The maximum atomic E-state index is 12.2. The van der Waals surface area contributed by atoms with Crippen LogP contribution in [0.3, 0.4) is 0 Å². The molecule has 1 heterocycles. The lowest BCUT2D eigenvalue weighted by atomic mass is 9.93. The van der Waals surface area contributed by atoms with Crippen LogP contribution in [-0.4, -0.2) is 44.2 Å². The Bertz CT molecular complexity index is 514. The molecule has 0 radical (unpaired) electrons. The van der Waals surface area contributed by atoms with Gasteiger partial charge in [-0.3, -0.25) is 0 Å². The van der Waals surface area contributed by atoms with Crippen molar-refractivity contribution in [2.24, 2.45) is 5.92 Å². The minimum absolute atomic E-state index is 0.471. The number of nitrogens with zero attached hydrogens (tertiary/aromatic N) is 2. The summed E-state index contributed by atoms with van der Waals surface area (Å²) in [4.78, 5) is 0. The number of benzene rings is 1. The van der Waals surface area contributed by atoms with Crippen LogP contribution >= 0.6 is 0 Å². The van der Waals surface area contributed by atoms with E-state index in [1.54, 1.807) is 18.4 Å². The van der Waals surface area contributed by atoms with Gasteiger partial charge >= 0.3 is 0 Å². The van der Waals surface area contributed by atoms with Crippen molar-refractivity contribution in [2.45, 2.75) is 25.7 Å². The second kappa shape index (κ2) is 6.70. The summed E-state index contributed by atoms with van der Waals surface area (Å²) in [6.45, 7) is 1.32. The van der Waals surface area contributed by atoms with Crippen molar-refractivity contribution in [2.75, 3.05) is 27.2 Å². The fraction of sp³-hybridized carbons (Fsp3) is 0.600. The van der Waals surface area contributed by atoms with Crippen molar-refractivity contribution in [3.63, 3.8) is 0 Å². The van der Waals surface area contributed by atoms with E-state index in [9.17, 15) is 8.42 Å². The van der Waals surface area contributed by atoms with Crippen molar-refractivity contribution < 1.29 is 8.42 Å². The highest BCUT2D eigenvalue weighted by atomic mass is 32.2. The van der Waals surface area contributed by atoms with Crippen molar-refractivity contribution in [3.8, 4) is 0 Å². The quantitative estimate of drug-likeness (QED) is 0.835. The fourth-order valence-electron chi connectivity index (χ4n) is 2.72. The van der Waals surface area contributed by atoms with Gasteiger partial charge in [-0.25, -0.2) is 0 Å². The van der Waals surface area contributed by atoms with Crippen LogP contribution in [0.1, 0.15) is 24.8 Å². The number of hydrogen-bond donors (Lipinski definition) is 0. The van der Waals surface area contributed by atoms with Crippen LogP contribution in [0, 0.1) is 5.92 Å². The molecule has 0 N–H and O–H groups in total. The van der Waals surface area contributed by atoms with Gasteiger partial charge in [0, 0.05) is 27.2 Å². The highest BCUT2D eigenvalue weighted by Crippen LogP contribution is 2.24. The third-order valence-corrected chi connectivity index (χ3v) is 5.86. The number of piperidine rings is 1. The molecule has 0 aromatic heterocycles. The lowest BCUT2D eigenvalue weighted by Gasteiger charge is -2.33. The molecule has 0 spiro atoms. The van der Waals surface area contributed by atoms with Crippen LogP contribution < -0.4 is 0 Å². The first kappa shape index (κ1) is 15.5. The molecule has 0 bridgehead atoms. The molecule has 1 fully saturated rings. The number of hydrogen-bond acceptors (Lipinski definition) is 2. The first-order valence-electron chi connectivity index (χ1n) is 7.21. The van der Waals surface area contributed by atoms with E-state index in [2.05, 4.69) is 24.3 Å². The average Bonchev–Trinajstić information content (AvgIpc) is 2.46. The van der Waals surface area contributed by atoms with Crippen molar-refractivity contribution in [1.82, 2.24) is 8.61 Å². The van der Waals surface area contributed by atoms with E-state index in [0.717, 1.165) is 25.7 Å². The molecule has 2 rings (SSSR count). The molecule has 0 saturated carbocycles. The zero-order chi connectivity index (χ0) is 14.6. The van der Waals surface area contributed by atoms with Crippen LogP contribution in [0.5, 0.6) is 0 Å². The van der Waals surface area contributed by atoms with E-state index in [1.165, 1.54) is 9.87 Å². The number of rotatable bonds is 5. The van der Waals surface area contributed by atoms with E-state index in [1.807, 2.05) is 6.07 Å². The highest BCUT2D eigenvalue weighted by molar-refractivity contribution is 7.86. The summed E-state index contributed by atoms with van der Waals surface area (Å²) in [5.74, 6) is 0.471. The van der Waals surface area contributed by atoms with Crippen molar-refractivity contribution in [1.29, 1.82) is 0 Å². The topological polar surface area (TPSA) is 40.6 Å². The average molecular weight is 296 g/mol. The van der Waals surface area contributed by atoms with Crippen molar-refractivity contribution in [3.05, 3.63) is 35.9 Å². The first-order chi connectivity index (χ1) is 9.50. The van der Waals surface area contributed by atoms with E-state index >= 15 is 0 Å². The molecule has 5 heteroatoms. The minimum atomic E-state index is -3.25. The molecule has 1 aliphatic rings. The third kappa shape index (κ3) is 3.81. The van der Waals surface area contributed by atoms with Crippen LogP contribution in [0.2, 0.25) is 0 Å². The summed E-state index contributed by atoms with van der Waals surface area (Å²) >= 11 is 0. The predicted octanol–water partition coefficient (Wildman–Crippen LogP) is 2.14. The van der Waals surface area contributed by atoms with E-state index < -0.39 is 10.2 Å². The fourth-order valence-corrected chi connectivity index (χ4v) is 3.94. The van der Waals surface area contributed by atoms with Gasteiger partial charge in [-0.15, -0.1) is 0 Å². The highest BCUT2D eigenvalue weighted by Gasteiger charge is 2.29.